The molecular formula is C13H26N+. The van der Waals surface area contributed by atoms with Gasteiger partial charge < -0.3 is 5.32 Å². The summed E-state index contributed by atoms with van der Waals surface area (Å²) in [4.78, 5) is 0. The van der Waals surface area contributed by atoms with Gasteiger partial charge in [0.1, 0.15) is 0 Å². The molecule has 0 aromatic heterocycles. The summed E-state index contributed by atoms with van der Waals surface area (Å²) in [5.41, 5.74) is 0.525. The molecule has 2 fully saturated rings. The standard InChI is InChI=1S/C13H25N/c1-13(2,3)11-8-4-6-10-7-5-9-14-12(10)11/h10-12,14H,4-9H2,1-3H3/p+1. The zero-order chi connectivity index (χ0) is 10.2. The molecule has 1 heterocycles. The molecule has 82 valence electrons. The molecule has 1 aliphatic heterocycles. The van der Waals surface area contributed by atoms with E-state index in [-0.39, 0.29) is 0 Å². The third-order valence-corrected chi connectivity index (χ3v) is 4.43. The van der Waals surface area contributed by atoms with Crippen molar-refractivity contribution in [2.75, 3.05) is 6.54 Å². The van der Waals surface area contributed by atoms with Gasteiger partial charge in [-0.1, -0.05) is 27.2 Å². The minimum atomic E-state index is 0.525. The van der Waals surface area contributed by atoms with Crippen LogP contribution in [0.3, 0.4) is 0 Å². The van der Waals surface area contributed by atoms with Gasteiger partial charge in [0, 0.05) is 11.8 Å². The first-order valence-electron chi connectivity index (χ1n) is 6.42. The van der Waals surface area contributed by atoms with Crippen molar-refractivity contribution in [2.45, 2.75) is 58.9 Å². The van der Waals surface area contributed by atoms with Crippen LogP contribution in [0.25, 0.3) is 0 Å². The number of rotatable bonds is 0. The highest BCUT2D eigenvalue weighted by atomic mass is 14.9. The van der Waals surface area contributed by atoms with E-state index in [0.29, 0.717) is 5.41 Å². The Balaban J connectivity index is 2.09. The monoisotopic (exact) mass is 196 g/mol. The summed E-state index contributed by atoms with van der Waals surface area (Å²) in [5.74, 6) is 2.00. The zero-order valence-corrected chi connectivity index (χ0v) is 10.1. The Hall–Kier alpha value is -0.0400. The summed E-state index contributed by atoms with van der Waals surface area (Å²) in [7, 11) is 0. The Morgan fingerprint density at radius 2 is 1.71 bits per heavy atom. The van der Waals surface area contributed by atoms with Gasteiger partial charge in [0.15, 0.2) is 0 Å². The van der Waals surface area contributed by atoms with Gasteiger partial charge in [-0.25, -0.2) is 0 Å². The van der Waals surface area contributed by atoms with E-state index in [2.05, 4.69) is 26.1 Å². The predicted octanol–water partition coefficient (Wildman–Crippen LogP) is 2.17. The maximum Gasteiger partial charge on any atom is 0.0921 e. The summed E-state index contributed by atoms with van der Waals surface area (Å²) in [6.07, 6.45) is 7.43. The van der Waals surface area contributed by atoms with E-state index in [1.165, 1.54) is 38.6 Å². The molecule has 3 atom stereocenters. The predicted molar refractivity (Wildman–Crippen MR) is 60.1 cm³/mol. The number of quaternary nitrogens is 1. The van der Waals surface area contributed by atoms with Crippen molar-refractivity contribution in [1.82, 2.24) is 0 Å². The second-order valence-electron chi connectivity index (χ2n) is 6.41. The lowest BCUT2D eigenvalue weighted by atomic mass is 9.64. The van der Waals surface area contributed by atoms with Crippen LogP contribution < -0.4 is 5.32 Å². The molecule has 3 unspecified atom stereocenters. The third-order valence-electron chi connectivity index (χ3n) is 4.43. The number of hydrogen-bond donors (Lipinski definition) is 1. The van der Waals surface area contributed by atoms with E-state index in [9.17, 15) is 0 Å². The summed E-state index contributed by atoms with van der Waals surface area (Å²) < 4.78 is 0. The number of nitrogens with two attached hydrogens (primary N) is 1. The van der Waals surface area contributed by atoms with E-state index in [1.807, 2.05) is 0 Å². The molecule has 0 bridgehead atoms. The van der Waals surface area contributed by atoms with Crippen LogP contribution in [0.5, 0.6) is 0 Å². The zero-order valence-electron chi connectivity index (χ0n) is 10.1. The van der Waals surface area contributed by atoms with Crippen molar-refractivity contribution in [3.8, 4) is 0 Å². The Morgan fingerprint density at radius 3 is 2.43 bits per heavy atom. The molecule has 0 spiro atoms. The van der Waals surface area contributed by atoms with Crippen molar-refractivity contribution in [1.29, 1.82) is 0 Å². The highest BCUT2D eigenvalue weighted by Gasteiger charge is 2.42. The quantitative estimate of drug-likeness (QED) is 0.611. The van der Waals surface area contributed by atoms with Gasteiger partial charge in [0.2, 0.25) is 0 Å². The van der Waals surface area contributed by atoms with Gasteiger partial charge in [-0.2, -0.15) is 0 Å². The van der Waals surface area contributed by atoms with Gasteiger partial charge in [-0.15, -0.1) is 0 Å². The van der Waals surface area contributed by atoms with Gasteiger partial charge in [0.25, 0.3) is 0 Å². The van der Waals surface area contributed by atoms with E-state index in [4.69, 9.17) is 0 Å². The van der Waals surface area contributed by atoms with E-state index >= 15 is 0 Å². The van der Waals surface area contributed by atoms with Crippen LogP contribution in [0.15, 0.2) is 0 Å². The van der Waals surface area contributed by atoms with E-state index < -0.39 is 0 Å². The van der Waals surface area contributed by atoms with Gasteiger partial charge in [-0.05, 0) is 31.1 Å². The smallest absolute Gasteiger partial charge is 0.0921 e. The summed E-state index contributed by atoms with van der Waals surface area (Å²) >= 11 is 0. The van der Waals surface area contributed by atoms with Crippen LogP contribution in [-0.4, -0.2) is 12.6 Å². The number of hydrogen-bond acceptors (Lipinski definition) is 0. The van der Waals surface area contributed by atoms with E-state index in [0.717, 1.165) is 17.9 Å². The van der Waals surface area contributed by atoms with Crippen LogP contribution in [0.2, 0.25) is 0 Å². The van der Waals surface area contributed by atoms with Gasteiger partial charge >= 0.3 is 0 Å². The Morgan fingerprint density at radius 1 is 1.00 bits per heavy atom. The molecule has 2 N–H and O–H groups in total. The number of piperidine rings is 1. The maximum atomic E-state index is 2.66. The molecule has 14 heavy (non-hydrogen) atoms. The van der Waals surface area contributed by atoms with Crippen LogP contribution in [0.4, 0.5) is 0 Å². The largest absolute Gasteiger partial charge is 0.343 e. The van der Waals surface area contributed by atoms with Crippen LogP contribution in [0, 0.1) is 17.3 Å². The lowest BCUT2D eigenvalue weighted by Gasteiger charge is -2.44. The molecule has 0 radical (unpaired) electrons. The summed E-state index contributed by atoms with van der Waals surface area (Å²) in [6.45, 7) is 8.68. The Kier molecular flexibility index (Phi) is 2.88. The molecule has 1 nitrogen and oxygen atoms in total. The van der Waals surface area contributed by atoms with Crippen molar-refractivity contribution < 1.29 is 5.32 Å². The Labute approximate surface area is 88.7 Å². The number of fused-ring (bicyclic) bond motifs is 1. The van der Waals surface area contributed by atoms with Crippen molar-refractivity contribution in [2.24, 2.45) is 17.3 Å². The van der Waals surface area contributed by atoms with Crippen molar-refractivity contribution in [3.05, 3.63) is 0 Å². The maximum absolute atomic E-state index is 2.66. The third kappa shape index (κ3) is 1.98. The fourth-order valence-electron chi connectivity index (χ4n) is 3.71. The molecule has 0 aromatic rings. The minimum absolute atomic E-state index is 0.525. The Bertz CT molecular complexity index is 190. The first-order chi connectivity index (χ1) is 6.59. The molecule has 0 aromatic carbocycles. The first-order valence-corrected chi connectivity index (χ1v) is 6.42. The van der Waals surface area contributed by atoms with Crippen molar-refractivity contribution in [3.63, 3.8) is 0 Å². The second kappa shape index (κ2) is 3.84. The lowest BCUT2D eigenvalue weighted by Crippen LogP contribution is -2.95. The van der Waals surface area contributed by atoms with Gasteiger partial charge in [0.05, 0.1) is 12.6 Å². The summed E-state index contributed by atoms with van der Waals surface area (Å²) in [5, 5.41) is 2.66. The van der Waals surface area contributed by atoms with Gasteiger partial charge in [-0.3, -0.25) is 0 Å². The van der Waals surface area contributed by atoms with Crippen molar-refractivity contribution >= 4 is 0 Å². The molecule has 2 aliphatic rings. The first kappa shape index (κ1) is 10.5. The highest BCUT2D eigenvalue weighted by Crippen LogP contribution is 2.41. The van der Waals surface area contributed by atoms with Crippen LogP contribution in [0.1, 0.15) is 52.9 Å². The topological polar surface area (TPSA) is 16.6 Å². The SMILES string of the molecule is CC(C)(C)C1CCCC2CCC[NH2+]C21. The fraction of sp³-hybridized carbons (Fsp3) is 1.00. The molecule has 0 amide bonds. The minimum Gasteiger partial charge on any atom is -0.343 e. The second-order valence-corrected chi connectivity index (χ2v) is 6.41. The molecule has 1 saturated carbocycles. The molecule has 1 saturated heterocycles. The lowest BCUT2D eigenvalue weighted by molar-refractivity contribution is -0.715. The highest BCUT2D eigenvalue weighted by molar-refractivity contribution is 4.88. The molecule has 1 heteroatoms. The molecule has 2 rings (SSSR count). The normalized spacial score (nSPS) is 39.2. The van der Waals surface area contributed by atoms with E-state index in [1.54, 1.807) is 0 Å². The van der Waals surface area contributed by atoms with Crippen LogP contribution >= 0.6 is 0 Å². The average molecular weight is 196 g/mol. The molecular weight excluding hydrogens is 170 g/mol. The van der Waals surface area contributed by atoms with Crippen LogP contribution in [-0.2, 0) is 0 Å². The molecule has 1 aliphatic carbocycles. The fourth-order valence-corrected chi connectivity index (χ4v) is 3.71. The average Bonchev–Trinajstić information content (AvgIpc) is 2.15. The summed E-state index contributed by atoms with van der Waals surface area (Å²) in [6, 6.07) is 0.956.